The Morgan fingerprint density at radius 2 is 2.00 bits per heavy atom. The van der Waals surface area contributed by atoms with Gasteiger partial charge >= 0.3 is 0 Å². The molecule has 0 radical (unpaired) electrons. The molecule has 2 nitrogen and oxygen atoms in total. The minimum Gasteiger partial charge on any atom is -0.314 e. The van der Waals surface area contributed by atoms with E-state index < -0.39 is 0 Å². The van der Waals surface area contributed by atoms with Crippen molar-refractivity contribution in [3.63, 3.8) is 0 Å². The van der Waals surface area contributed by atoms with Crippen LogP contribution in [0.15, 0.2) is 12.2 Å². The SMILES string of the molecule is C=C(C)CN1CCC(C)(NC)CC1. The van der Waals surface area contributed by atoms with Crippen LogP contribution in [0.4, 0.5) is 0 Å². The lowest BCUT2D eigenvalue weighted by molar-refractivity contribution is 0.162. The molecule has 0 aromatic rings. The molecule has 0 aromatic heterocycles. The van der Waals surface area contributed by atoms with E-state index in [0.29, 0.717) is 5.54 Å². The van der Waals surface area contributed by atoms with Crippen LogP contribution in [0.25, 0.3) is 0 Å². The van der Waals surface area contributed by atoms with Gasteiger partial charge in [-0.05, 0) is 33.7 Å². The fourth-order valence-electron chi connectivity index (χ4n) is 1.84. The Labute approximate surface area is 82.0 Å². The summed E-state index contributed by atoms with van der Waals surface area (Å²) in [6.07, 6.45) is 2.49. The van der Waals surface area contributed by atoms with E-state index in [2.05, 4.69) is 37.7 Å². The highest BCUT2D eigenvalue weighted by Crippen LogP contribution is 2.21. The van der Waals surface area contributed by atoms with Crippen LogP contribution < -0.4 is 5.32 Å². The molecule has 0 saturated carbocycles. The van der Waals surface area contributed by atoms with Gasteiger partial charge in [0.1, 0.15) is 0 Å². The fraction of sp³-hybridized carbons (Fsp3) is 0.818. The minimum absolute atomic E-state index is 0.367. The van der Waals surface area contributed by atoms with Gasteiger partial charge in [0, 0.05) is 25.2 Å². The first-order valence-electron chi connectivity index (χ1n) is 5.11. The van der Waals surface area contributed by atoms with Crippen LogP contribution in [-0.4, -0.2) is 37.1 Å². The van der Waals surface area contributed by atoms with E-state index in [4.69, 9.17) is 0 Å². The molecule has 0 aromatic carbocycles. The normalized spacial score (nSPS) is 23.0. The van der Waals surface area contributed by atoms with Gasteiger partial charge in [-0.3, -0.25) is 4.90 Å². The molecule has 0 atom stereocenters. The van der Waals surface area contributed by atoms with E-state index in [1.807, 2.05) is 0 Å². The lowest BCUT2D eigenvalue weighted by Crippen LogP contribution is -2.50. The van der Waals surface area contributed by atoms with Gasteiger partial charge in [0.25, 0.3) is 0 Å². The van der Waals surface area contributed by atoms with Crippen molar-refractivity contribution in [3.05, 3.63) is 12.2 Å². The Morgan fingerprint density at radius 1 is 1.46 bits per heavy atom. The number of hydrogen-bond donors (Lipinski definition) is 1. The molecule has 1 N–H and O–H groups in total. The van der Waals surface area contributed by atoms with E-state index in [1.165, 1.54) is 31.5 Å². The zero-order valence-electron chi connectivity index (χ0n) is 9.19. The monoisotopic (exact) mass is 182 g/mol. The highest BCUT2D eigenvalue weighted by atomic mass is 15.1. The van der Waals surface area contributed by atoms with Crippen molar-refractivity contribution in [2.75, 3.05) is 26.7 Å². The van der Waals surface area contributed by atoms with Crippen molar-refractivity contribution in [2.45, 2.75) is 32.2 Å². The molecule has 0 bridgehead atoms. The maximum Gasteiger partial charge on any atom is 0.0187 e. The van der Waals surface area contributed by atoms with E-state index in [-0.39, 0.29) is 0 Å². The van der Waals surface area contributed by atoms with Gasteiger partial charge in [-0.25, -0.2) is 0 Å². The smallest absolute Gasteiger partial charge is 0.0187 e. The van der Waals surface area contributed by atoms with Crippen molar-refractivity contribution < 1.29 is 0 Å². The number of nitrogens with zero attached hydrogens (tertiary/aromatic N) is 1. The molecule has 0 amide bonds. The van der Waals surface area contributed by atoms with Crippen molar-refractivity contribution in [2.24, 2.45) is 0 Å². The number of nitrogens with one attached hydrogen (secondary N) is 1. The quantitative estimate of drug-likeness (QED) is 0.667. The van der Waals surface area contributed by atoms with Crippen molar-refractivity contribution in [1.82, 2.24) is 10.2 Å². The first-order valence-corrected chi connectivity index (χ1v) is 5.11. The first-order chi connectivity index (χ1) is 6.06. The summed E-state index contributed by atoms with van der Waals surface area (Å²) in [7, 11) is 2.06. The summed E-state index contributed by atoms with van der Waals surface area (Å²) in [6.45, 7) is 11.8. The molecule has 1 fully saturated rings. The number of rotatable bonds is 3. The van der Waals surface area contributed by atoms with E-state index in [9.17, 15) is 0 Å². The third kappa shape index (κ3) is 3.12. The first kappa shape index (κ1) is 10.7. The zero-order chi connectivity index (χ0) is 9.90. The van der Waals surface area contributed by atoms with Gasteiger partial charge in [-0.15, -0.1) is 0 Å². The molecule has 1 saturated heterocycles. The highest BCUT2D eigenvalue weighted by Gasteiger charge is 2.27. The Hall–Kier alpha value is -0.340. The maximum absolute atomic E-state index is 3.95. The third-order valence-corrected chi connectivity index (χ3v) is 3.06. The Morgan fingerprint density at radius 3 is 2.38 bits per heavy atom. The average Bonchev–Trinajstić information content (AvgIpc) is 2.09. The maximum atomic E-state index is 3.95. The van der Waals surface area contributed by atoms with Gasteiger partial charge in [-0.2, -0.15) is 0 Å². The molecule has 1 aliphatic heterocycles. The second-order valence-electron chi connectivity index (χ2n) is 4.54. The van der Waals surface area contributed by atoms with Crippen LogP contribution >= 0.6 is 0 Å². The zero-order valence-corrected chi connectivity index (χ0v) is 9.19. The number of likely N-dealkylation sites (tertiary alicyclic amines) is 1. The van der Waals surface area contributed by atoms with Gasteiger partial charge in [0.15, 0.2) is 0 Å². The summed E-state index contributed by atoms with van der Waals surface area (Å²) in [6, 6.07) is 0. The molecule has 13 heavy (non-hydrogen) atoms. The van der Waals surface area contributed by atoms with Crippen LogP contribution in [0.1, 0.15) is 26.7 Å². The number of hydrogen-bond acceptors (Lipinski definition) is 2. The van der Waals surface area contributed by atoms with E-state index in [1.54, 1.807) is 0 Å². The highest BCUT2D eigenvalue weighted by molar-refractivity contribution is 4.95. The van der Waals surface area contributed by atoms with Gasteiger partial charge in [0.05, 0.1) is 0 Å². The lowest BCUT2D eigenvalue weighted by atomic mass is 9.90. The van der Waals surface area contributed by atoms with E-state index in [0.717, 1.165) is 6.54 Å². The molecule has 1 rings (SSSR count). The summed E-state index contributed by atoms with van der Waals surface area (Å²) in [5.41, 5.74) is 1.64. The summed E-state index contributed by atoms with van der Waals surface area (Å²) in [5.74, 6) is 0. The predicted octanol–water partition coefficient (Wildman–Crippen LogP) is 1.64. The van der Waals surface area contributed by atoms with Gasteiger partial charge in [0.2, 0.25) is 0 Å². The molecule has 2 heteroatoms. The Balaban J connectivity index is 2.34. The third-order valence-electron chi connectivity index (χ3n) is 3.06. The average molecular weight is 182 g/mol. The predicted molar refractivity (Wildman–Crippen MR) is 58.0 cm³/mol. The Kier molecular flexibility index (Phi) is 3.51. The Bertz CT molecular complexity index is 179. The van der Waals surface area contributed by atoms with Crippen LogP contribution in [-0.2, 0) is 0 Å². The molecule has 0 spiro atoms. The molecule has 1 heterocycles. The molecule has 0 aliphatic carbocycles. The molecule has 76 valence electrons. The second-order valence-corrected chi connectivity index (χ2v) is 4.54. The lowest BCUT2D eigenvalue weighted by Gasteiger charge is -2.39. The molecular formula is C11H22N2. The van der Waals surface area contributed by atoms with E-state index >= 15 is 0 Å². The topological polar surface area (TPSA) is 15.3 Å². The van der Waals surface area contributed by atoms with Gasteiger partial charge in [-0.1, -0.05) is 12.2 Å². The van der Waals surface area contributed by atoms with Crippen molar-refractivity contribution in [3.8, 4) is 0 Å². The largest absolute Gasteiger partial charge is 0.314 e. The van der Waals surface area contributed by atoms with Gasteiger partial charge < -0.3 is 5.32 Å². The molecular weight excluding hydrogens is 160 g/mol. The summed E-state index contributed by atoms with van der Waals surface area (Å²) in [4.78, 5) is 2.49. The van der Waals surface area contributed by atoms with Crippen LogP contribution in [0.3, 0.4) is 0 Å². The minimum atomic E-state index is 0.367. The summed E-state index contributed by atoms with van der Waals surface area (Å²) >= 11 is 0. The molecule has 0 unspecified atom stereocenters. The fourth-order valence-corrected chi connectivity index (χ4v) is 1.84. The second kappa shape index (κ2) is 4.25. The van der Waals surface area contributed by atoms with Crippen LogP contribution in [0, 0.1) is 0 Å². The van der Waals surface area contributed by atoms with Crippen molar-refractivity contribution in [1.29, 1.82) is 0 Å². The van der Waals surface area contributed by atoms with Crippen LogP contribution in [0.2, 0.25) is 0 Å². The van der Waals surface area contributed by atoms with Crippen LogP contribution in [0.5, 0.6) is 0 Å². The van der Waals surface area contributed by atoms with Crippen molar-refractivity contribution >= 4 is 0 Å². The molecule has 1 aliphatic rings. The summed E-state index contributed by atoms with van der Waals surface area (Å²) < 4.78 is 0. The number of piperidine rings is 1. The standard InChI is InChI=1S/C11H22N2/c1-10(2)9-13-7-5-11(3,12-4)6-8-13/h12H,1,5-9H2,2-4H3. The summed E-state index contributed by atoms with van der Waals surface area (Å²) in [5, 5.41) is 3.41.